The van der Waals surface area contributed by atoms with Gasteiger partial charge in [-0.25, -0.2) is 9.78 Å². The van der Waals surface area contributed by atoms with E-state index >= 15 is 0 Å². The van der Waals surface area contributed by atoms with E-state index in [9.17, 15) is 4.79 Å². The summed E-state index contributed by atoms with van der Waals surface area (Å²) in [6.45, 7) is 0. The predicted octanol–water partition coefficient (Wildman–Crippen LogP) is 2.24. The number of hydrogen-bond acceptors (Lipinski definition) is 3. The molecule has 2 aromatic rings. The van der Waals surface area contributed by atoms with Crippen molar-refractivity contribution in [3.8, 4) is 0 Å². The van der Waals surface area contributed by atoms with Gasteiger partial charge in [0, 0.05) is 6.20 Å². The lowest BCUT2D eigenvalue weighted by Crippen LogP contribution is -2.39. The Labute approximate surface area is 120 Å². The van der Waals surface area contributed by atoms with Crippen molar-refractivity contribution in [2.24, 2.45) is 0 Å². The Bertz CT molecular complexity index is 700. The average Bonchev–Trinajstić information content (AvgIpc) is 3.12. The number of para-hydroxylation sites is 1. The number of aromatic amines is 1. The normalized spacial score (nSPS) is 12.9. The van der Waals surface area contributed by atoms with Crippen LogP contribution in [0.3, 0.4) is 0 Å². The molecule has 0 saturated heterocycles. The van der Waals surface area contributed by atoms with Crippen molar-refractivity contribution in [3.63, 3.8) is 0 Å². The van der Waals surface area contributed by atoms with E-state index in [1.807, 2.05) is 18.3 Å². The van der Waals surface area contributed by atoms with Gasteiger partial charge in [-0.05, 0) is 37.2 Å². The van der Waals surface area contributed by atoms with Crippen LogP contribution in [0.25, 0.3) is 11.0 Å². The Kier molecular flexibility index (Phi) is 3.34. The summed E-state index contributed by atoms with van der Waals surface area (Å²) in [5.74, 6) is 0. The van der Waals surface area contributed by atoms with E-state index in [1.54, 1.807) is 12.4 Å². The zero-order valence-corrected chi connectivity index (χ0v) is 11.4. The minimum Gasteiger partial charge on any atom is -0.345 e. The predicted molar refractivity (Wildman–Crippen MR) is 81.3 cm³/mol. The van der Waals surface area contributed by atoms with Crippen LogP contribution < -0.4 is 16.0 Å². The number of thiocarbonyl (C=S) groups is 1. The monoisotopic (exact) mass is 287 g/mol. The third kappa shape index (κ3) is 2.94. The van der Waals surface area contributed by atoms with Crippen LogP contribution in [0.2, 0.25) is 0 Å². The molecule has 1 saturated carbocycles. The zero-order valence-electron chi connectivity index (χ0n) is 10.6. The van der Waals surface area contributed by atoms with E-state index in [-0.39, 0.29) is 5.11 Å². The lowest BCUT2D eigenvalue weighted by atomic mass is 10.2. The maximum atomic E-state index is 11.8. The lowest BCUT2D eigenvalue weighted by molar-refractivity contribution is 0.256. The molecule has 4 N–H and O–H groups in total. The van der Waals surface area contributed by atoms with Crippen LogP contribution in [-0.4, -0.2) is 21.1 Å². The van der Waals surface area contributed by atoms with E-state index in [2.05, 4.69) is 25.9 Å². The molecule has 1 heterocycles. The van der Waals surface area contributed by atoms with Crippen molar-refractivity contribution >= 4 is 40.1 Å². The number of aromatic nitrogens is 2. The van der Waals surface area contributed by atoms with Crippen LogP contribution in [-0.2, 0) is 0 Å². The summed E-state index contributed by atoms with van der Waals surface area (Å²) in [7, 11) is 0. The highest BCUT2D eigenvalue weighted by Gasteiger charge is 2.11. The summed E-state index contributed by atoms with van der Waals surface area (Å²) in [5, 5.41) is 8.42. The van der Waals surface area contributed by atoms with Crippen LogP contribution in [0, 0.1) is 0 Å². The van der Waals surface area contributed by atoms with E-state index in [0.717, 1.165) is 18.4 Å². The van der Waals surface area contributed by atoms with Crippen molar-refractivity contribution in [1.29, 1.82) is 0 Å². The van der Waals surface area contributed by atoms with Gasteiger partial charge in [0.1, 0.15) is 5.52 Å². The molecule has 0 unspecified atom stereocenters. The Morgan fingerprint density at radius 3 is 3.05 bits per heavy atom. The number of rotatable bonds is 2. The number of nitrogens with zero attached hydrogens (tertiary/aromatic N) is 1. The molecule has 102 valence electrons. The fourth-order valence-electron chi connectivity index (χ4n) is 1.74. The number of benzene rings is 1. The molecule has 1 aliphatic rings. The highest BCUT2D eigenvalue weighted by molar-refractivity contribution is 7.80. The molecular weight excluding hydrogens is 274 g/mol. The summed E-state index contributed by atoms with van der Waals surface area (Å²) in [6, 6.07) is 5.11. The number of fused-ring (bicyclic) bond motifs is 1. The number of carbonyl (C=O) groups excluding carboxylic acids is 1. The quantitative estimate of drug-likeness (QED) is 0.638. The smallest absolute Gasteiger partial charge is 0.325 e. The molecule has 0 radical (unpaired) electrons. The SMILES string of the molecule is O=C(NC(=S)NC=C1CC1)Nc1cccc2[nH]cnc12. The van der Waals surface area contributed by atoms with E-state index < -0.39 is 6.03 Å². The number of anilines is 1. The first-order chi connectivity index (χ1) is 9.72. The molecule has 0 bridgehead atoms. The van der Waals surface area contributed by atoms with Crippen LogP contribution in [0.4, 0.5) is 10.5 Å². The Morgan fingerprint density at radius 1 is 1.40 bits per heavy atom. The van der Waals surface area contributed by atoms with Crippen molar-refractivity contribution in [1.82, 2.24) is 20.6 Å². The first-order valence-electron chi connectivity index (χ1n) is 6.21. The minimum absolute atomic E-state index is 0.274. The third-order valence-electron chi connectivity index (χ3n) is 2.87. The summed E-state index contributed by atoms with van der Waals surface area (Å²) < 4.78 is 0. The molecule has 0 atom stereocenters. The second-order valence-corrected chi connectivity index (χ2v) is 4.87. The lowest BCUT2D eigenvalue weighted by Gasteiger charge is -2.08. The molecule has 1 aromatic heterocycles. The maximum absolute atomic E-state index is 11.8. The molecule has 2 amide bonds. The molecular formula is C13H13N5OS. The van der Waals surface area contributed by atoms with Gasteiger partial charge in [-0.1, -0.05) is 11.6 Å². The second kappa shape index (κ2) is 5.30. The van der Waals surface area contributed by atoms with Crippen molar-refractivity contribution in [3.05, 3.63) is 36.3 Å². The van der Waals surface area contributed by atoms with Gasteiger partial charge in [0.05, 0.1) is 17.5 Å². The number of amides is 2. The molecule has 1 fully saturated rings. The largest absolute Gasteiger partial charge is 0.345 e. The molecule has 6 nitrogen and oxygen atoms in total. The summed E-state index contributed by atoms with van der Waals surface area (Å²) in [5.41, 5.74) is 3.50. The second-order valence-electron chi connectivity index (χ2n) is 4.46. The highest BCUT2D eigenvalue weighted by Crippen LogP contribution is 2.26. The minimum atomic E-state index is -0.396. The van der Waals surface area contributed by atoms with E-state index in [1.165, 1.54) is 5.57 Å². The Hall–Kier alpha value is -2.41. The number of carbonyl (C=O) groups is 1. The summed E-state index contributed by atoms with van der Waals surface area (Å²) in [6.07, 6.45) is 5.62. The van der Waals surface area contributed by atoms with Gasteiger partial charge < -0.3 is 15.6 Å². The highest BCUT2D eigenvalue weighted by atomic mass is 32.1. The topological polar surface area (TPSA) is 81.8 Å². The van der Waals surface area contributed by atoms with Crippen LogP contribution in [0.15, 0.2) is 36.3 Å². The molecule has 20 heavy (non-hydrogen) atoms. The number of allylic oxidation sites excluding steroid dienone is 1. The number of H-pyrrole nitrogens is 1. The fraction of sp³-hybridized carbons (Fsp3) is 0.154. The fourth-order valence-corrected chi connectivity index (χ4v) is 1.89. The van der Waals surface area contributed by atoms with Gasteiger partial charge >= 0.3 is 6.03 Å². The van der Waals surface area contributed by atoms with E-state index in [4.69, 9.17) is 12.2 Å². The third-order valence-corrected chi connectivity index (χ3v) is 3.09. The molecule has 1 aromatic carbocycles. The van der Waals surface area contributed by atoms with Crippen molar-refractivity contribution < 1.29 is 4.79 Å². The van der Waals surface area contributed by atoms with Gasteiger partial charge in [0.2, 0.25) is 0 Å². The number of urea groups is 1. The van der Waals surface area contributed by atoms with Crippen LogP contribution in [0.1, 0.15) is 12.8 Å². The van der Waals surface area contributed by atoms with Crippen LogP contribution >= 0.6 is 12.2 Å². The van der Waals surface area contributed by atoms with E-state index in [0.29, 0.717) is 11.2 Å². The van der Waals surface area contributed by atoms with Gasteiger partial charge in [-0.3, -0.25) is 5.32 Å². The zero-order chi connectivity index (χ0) is 13.9. The standard InChI is InChI=1S/C13H13N5OS/c19-12(18-13(20)14-6-8-4-5-8)17-10-3-1-2-9-11(10)16-7-15-9/h1-3,6-7H,4-5H2,(H,15,16)(H3,14,17,18,19,20). The molecule has 3 rings (SSSR count). The first-order valence-corrected chi connectivity index (χ1v) is 6.62. The van der Waals surface area contributed by atoms with Gasteiger partial charge in [0.15, 0.2) is 5.11 Å². The molecule has 7 heteroatoms. The number of imidazole rings is 1. The van der Waals surface area contributed by atoms with Crippen molar-refractivity contribution in [2.45, 2.75) is 12.8 Å². The Morgan fingerprint density at radius 2 is 2.25 bits per heavy atom. The van der Waals surface area contributed by atoms with Crippen molar-refractivity contribution in [2.75, 3.05) is 5.32 Å². The van der Waals surface area contributed by atoms with Crippen LogP contribution in [0.5, 0.6) is 0 Å². The Balaban J connectivity index is 1.62. The number of hydrogen-bond donors (Lipinski definition) is 4. The van der Waals surface area contributed by atoms with Gasteiger partial charge in [-0.2, -0.15) is 0 Å². The molecule has 0 spiro atoms. The molecule has 1 aliphatic carbocycles. The van der Waals surface area contributed by atoms with Gasteiger partial charge in [0.25, 0.3) is 0 Å². The molecule has 0 aliphatic heterocycles. The first kappa shape index (κ1) is 12.6. The summed E-state index contributed by atoms with van der Waals surface area (Å²) >= 11 is 5.02. The van der Waals surface area contributed by atoms with Gasteiger partial charge in [-0.15, -0.1) is 0 Å². The maximum Gasteiger partial charge on any atom is 0.325 e. The number of nitrogens with one attached hydrogen (secondary N) is 4. The summed E-state index contributed by atoms with van der Waals surface area (Å²) in [4.78, 5) is 19.0. The average molecular weight is 287 g/mol.